The zero-order valence-corrected chi connectivity index (χ0v) is 51.2. The van der Waals surface area contributed by atoms with Crippen molar-refractivity contribution in [3.63, 3.8) is 0 Å². The van der Waals surface area contributed by atoms with Crippen LogP contribution in [0.2, 0.25) is 0 Å². The van der Waals surface area contributed by atoms with Crippen molar-refractivity contribution in [2.75, 3.05) is 0 Å². The van der Waals surface area contributed by atoms with Crippen molar-refractivity contribution in [1.82, 2.24) is 19.9 Å². The summed E-state index contributed by atoms with van der Waals surface area (Å²) in [7, 11) is 0. The molecule has 0 aliphatic carbocycles. The van der Waals surface area contributed by atoms with Gasteiger partial charge in [-0.3, -0.25) is 20.0 Å². The summed E-state index contributed by atoms with van der Waals surface area (Å²) >= 11 is 0. The number of aryl methyl sites for hydroxylation is 4. The Bertz CT molecular complexity index is 2840. The molecule has 8 heterocycles. The van der Waals surface area contributed by atoms with Crippen molar-refractivity contribution in [3.8, 4) is 0 Å². The molecular formula is C60H72N8Zn2. The summed E-state index contributed by atoms with van der Waals surface area (Å²) in [6.07, 6.45) is 24.3. The minimum Gasteiger partial charge on any atom is -0.664 e. The third-order valence-corrected chi connectivity index (χ3v) is 14.7. The van der Waals surface area contributed by atoms with E-state index >= 15 is 0 Å². The molecule has 0 fully saturated rings. The van der Waals surface area contributed by atoms with E-state index in [1.165, 1.54) is 89.1 Å². The van der Waals surface area contributed by atoms with Gasteiger partial charge in [-0.15, -0.1) is 22.8 Å². The summed E-state index contributed by atoms with van der Waals surface area (Å²) in [5.41, 5.74) is 33.7. The van der Waals surface area contributed by atoms with Crippen LogP contribution in [0.25, 0.3) is 24.3 Å². The van der Waals surface area contributed by atoms with Crippen LogP contribution in [0.15, 0.2) is 99.7 Å². The molecule has 4 aromatic rings. The Morgan fingerprint density at radius 3 is 1.11 bits per heavy atom. The number of rotatable bonds is 14. The summed E-state index contributed by atoms with van der Waals surface area (Å²) in [5, 5.41) is 0. The number of allylic oxidation sites excluding steroid dienone is 8. The molecule has 0 radical (unpaired) electrons. The number of aromatic nitrogens is 4. The molecule has 8 nitrogen and oxygen atoms in total. The molecule has 0 N–H and O–H groups in total. The molecule has 10 heteroatoms. The third kappa shape index (κ3) is 11.5. The minimum absolute atomic E-state index is 0. The first-order chi connectivity index (χ1) is 32.5. The first kappa shape index (κ1) is 55.9. The Labute approximate surface area is 444 Å². The fourth-order valence-electron chi connectivity index (χ4n) is 10.5. The van der Waals surface area contributed by atoms with Crippen LogP contribution < -0.4 is 19.9 Å². The van der Waals surface area contributed by atoms with E-state index in [1.54, 1.807) is 0 Å². The Kier molecular flexibility index (Phi) is 19.1. The van der Waals surface area contributed by atoms with E-state index in [0.29, 0.717) is 0 Å². The Morgan fingerprint density at radius 2 is 0.771 bits per heavy atom. The third-order valence-electron chi connectivity index (χ3n) is 14.7. The van der Waals surface area contributed by atoms with Crippen LogP contribution in [0.3, 0.4) is 0 Å². The molecule has 0 saturated carbocycles. The SMILES string of the molecule is CCC1=C(C)C=N/C1=C/c1[n-]c(C)c(CCC2=C(C)/C(=C/c3[n-]cc(C)c3CC)N=C2C)c1C.CCC1=C(C)C=N/C1=C/c1[n-]c(C)c(CCC2=C(C)/C(=C\c3[n-]cc(C)c3CC)N=C2C)c1C.[Zn+2].[Zn+2]. The molecule has 356 valence electrons. The molecule has 70 heavy (non-hydrogen) atoms. The molecule has 0 aromatic carbocycles. The fraction of sp³-hybridized carbons (Fsp3) is 0.400. The maximum atomic E-state index is 4.90. The van der Waals surface area contributed by atoms with Gasteiger partial charge in [-0.05, 0) is 165 Å². The zero-order valence-electron chi connectivity index (χ0n) is 45.3. The molecule has 4 aromatic heterocycles. The number of aliphatic imine (C=N–C) groups is 4. The van der Waals surface area contributed by atoms with Gasteiger partial charge in [-0.1, -0.05) is 110 Å². The second-order valence-corrected chi connectivity index (χ2v) is 19.0. The molecule has 0 unspecified atom stereocenters. The quantitative estimate of drug-likeness (QED) is 0.117. The molecule has 0 saturated heterocycles. The predicted octanol–water partition coefficient (Wildman–Crippen LogP) is 14.0. The monoisotopic (exact) mass is 1030 g/mol. The molecule has 4 aliphatic heterocycles. The van der Waals surface area contributed by atoms with Gasteiger partial charge >= 0.3 is 39.0 Å². The van der Waals surface area contributed by atoms with Crippen LogP contribution in [0.4, 0.5) is 0 Å². The van der Waals surface area contributed by atoms with E-state index in [4.69, 9.17) is 20.0 Å². The second kappa shape index (κ2) is 23.9. The van der Waals surface area contributed by atoms with Gasteiger partial charge in [-0.2, -0.15) is 23.8 Å². The van der Waals surface area contributed by atoms with Crippen LogP contribution >= 0.6 is 0 Å². The van der Waals surface area contributed by atoms with Crippen LogP contribution in [-0.2, 0) is 64.6 Å². The first-order valence-corrected chi connectivity index (χ1v) is 24.8. The average Bonchev–Trinajstić information content (AvgIpc) is 4.20. The van der Waals surface area contributed by atoms with E-state index in [0.717, 1.165) is 120 Å². The molecular weight excluding hydrogens is 963 g/mol. The maximum absolute atomic E-state index is 4.90. The van der Waals surface area contributed by atoms with Gasteiger partial charge in [0.2, 0.25) is 0 Å². The van der Waals surface area contributed by atoms with Gasteiger partial charge in [0.05, 0.1) is 22.8 Å². The number of nitrogens with zero attached hydrogens (tertiary/aromatic N) is 8. The van der Waals surface area contributed by atoms with E-state index in [-0.39, 0.29) is 39.0 Å². The van der Waals surface area contributed by atoms with Gasteiger partial charge in [0, 0.05) is 23.9 Å². The zero-order chi connectivity index (χ0) is 49.1. The topological polar surface area (TPSA) is 106 Å². The Balaban J connectivity index is 0.000000254. The maximum Gasteiger partial charge on any atom is 2.00 e. The molecule has 0 atom stereocenters. The van der Waals surface area contributed by atoms with E-state index in [1.807, 2.05) is 24.8 Å². The molecule has 4 aliphatic rings. The van der Waals surface area contributed by atoms with Crippen molar-refractivity contribution in [2.24, 2.45) is 20.0 Å². The summed E-state index contributed by atoms with van der Waals surface area (Å²) < 4.78 is 0. The van der Waals surface area contributed by atoms with E-state index < -0.39 is 0 Å². The average molecular weight is 1040 g/mol. The number of hydrogen-bond donors (Lipinski definition) is 0. The molecule has 0 spiro atoms. The fourth-order valence-corrected chi connectivity index (χ4v) is 10.5. The predicted molar refractivity (Wildman–Crippen MR) is 289 cm³/mol. The molecule has 0 bridgehead atoms. The smallest absolute Gasteiger partial charge is 0.664 e. The van der Waals surface area contributed by atoms with E-state index in [2.05, 4.69) is 155 Å². The van der Waals surface area contributed by atoms with Crippen LogP contribution in [-0.4, -0.2) is 23.9 Å². The van der Waals surface area contributed by atoms with Crippen LogP contribution in [0.5, 0.6) is 0 Å². The summed E-state index contributed by atoms with van der Waals surface area (Å²) in [6, 6.07) is 0. The molecule has 0 amide bonds. The summed E-state index contributed by atoms with van der Waals surface area (Å²) in [4.78, 5) is 38.1. The van der Waals surface area contributed by atoms with Crippen molar-refractivity contribution in [2.45, 2.75) is 162 Å². The largest absolute Gasteiger partial charge is 2.00 e. The van der Waals surface area contributed by atoms with Crippen molar-refractivity contribution < 1.29 is 39.0 Å². The second-order valence-electron chi connectivity index (χ2n) is 19.0. The van der Waals surface area contributed by atoms with Crippen molar-refractivity contribution in [3.05, 3.63) is 158 Å². The van der Waals surface area contributed by atoms with Crippen LogP contribution in [0, 0.1) is 41.5 Å². The van der Waals surface area contributed by atoms with Gasteiger partial charge in [0.25, 0.3) is 0 Å². The minimum atomic E-state index is 0. The standard InChI is InChI=1S/2C30H36N4.2Zn/c2*1-9-23-17(3)15-31-29(23)13-27-19(5)25(21(7)33-27)11-12-26-20(6)28(34-22(26)8)14-30-24(10-2)18(4)16-32-30;;/h2*13-16H,9-12H2,1-8H3;;/q2*-2;2*+2/b27-13+,30-14+;27-13-,30-14+;;. The van der Waals surface area contributed by atoms with Gasteiger partial charge in [0.1, 0.15) is 0 Å². The number of hydrogen-bond acceptors (Lipinski definition) is 4. The van der Waals surface area contributed by atoms with Gasteiger partial charge in [-0.25, -0.2) is 0 Å². The first-order valence-electron chi connectivity index (χ1n) is 24.8. The molecule has 8 rings (SSSR count). The van der Waals surface area contributed by atoms with Gasteiger partial charge in [0.15, 0.2) is 0 Å². The van der Waals surface area contributed by atoms with Crippen molar-refractivity contribution >= 4 is 48.2 Å². The van der Waals surface area contributed by atoms with Crippen molar-refractivity contribution in [1.29, 1.82) is 0 Å². The van der Waals surface area contributed by atoms with Gasteiger partial charge < -0.3 is 19.9 Å². The Morgan fingerprint density at radius 1 is 0.414 bits per heavy atom. The Hall–Kier alpha value is -5.03. The normalized spacial score (nSPS) is 17.9. The summed E-state index contributed by atoms with van der Waals surface area (Å²) in [5.74, 6) is 0. The van der Waals surface area contributed by atoms with E-state index in [9.17, 15) is 0 Å². The summed E-state index contributed by atoms with van der Waals surface area (Å²) in [6.45, 7) is 34.6. The van der Waals surface area contributed by atoms with Crippen LogP contribution in [0.1, 0.15) is 174 Å².